The van der Waals surface area contributed by atoms with Crippen LogP contribution in [0.25, 0.3) is 4.96 Å². The van der Waals surface area contributed by atoms with E-state index in [0.29, 0.717) is 25.2 Å². The molecule has 1 spiro atoms. The van der Waals surface area contributed by atoms with Gasteiger partial charge in [0.2, 0.25) is 5.91 Å². The van der Waals surface area contributed by atoms with Crippen molar-refractivity contribution in [2.75, 3.05) is 31.1 Å². The largest absolute Gasteiger partial charge is 0.395 e. The quantitative estimate of drug-likeness (QED) is 0.745. The second-order valence-corrected chi connectivity index (χ2v) is 7.85. The van der Waals surface area contributed by atoms with Crippen LogP contribution in [-0.4, -0.2) is 57.4 Å². The normalized spacial score (nSPS) is 21.6. The molecule has 4 heterocycles. The van der Waals surface area contributed by atoms with E-state index in [-0.39, 0.29) is 25.0 Å². The summed E-state index contributed by atoms with van der Waals surface area (Å²) in [5.74, 6) is -0.174. The number of thiazole rings is 1. The molecule has 1 aromatic carbocycles. The summed E-state index contributed by atoms with van der Waals surface area (Å²) in [5.41, 5.74) is 1.47. The minimum Gasteiger partial charge on any atom is -0.395 e. The van der Waals surface area contributed by atoms with Gasteiger partial charge in [0.15, 0.2) is 4.96 Å². The van der Waals surface area contributed by atoms with Gasteiger partial charge in [-0.05, 0) is 18.1 Å². The van der Waals surface area contributed by atoms with Crippen molar-refractivity contribution in [1.82, 2.24) is 14.3 Å². The summed E-state index contributed by atoms with van der Waals surface area (Å²) in [6, 6.07) is 7.69. The molecule has 1 N–H and O–H groups in total. The van der Waals surface area contributed by atoms with Crippen molar-refractivity contribution >= 4 is 33.8 Å². The molecule has 2 aromatic heterocycles. The Hall–Kier alpha value is -2.71. The first-order valence-corrected chi connectivity index (χ1v) is 9.76. The summed E-state index contributed by atoms with van der Waals surface area (Å²) in [4.78, 5) is 34.8. The first kappa shape index (κ1) is 16.5. The molecule has 1 unspecified atom stereocenters. The molecule has 1 saturated heterocycles. The molecule has 2 aliphatic heterocycles. The van der Waals surface area contributed by atoms with E-state index in [1.807, 2.05) is 40.2 Å². The Morgan fingerprint density at radius 3 is 3.00 bits per heavy atom. The third-order valence-electron chi connectivity index (χ3n) is 5.56. The smallest absolute Gasteiger partial charge is 0.274 e. The van der Waals surface area contributed by atoms with Crippen LogP contribution in [0, 0.1) is 0 Å². The highest BCUT2D eigenvalue weighted by Gasteiger charge is 2.55. The number of carbonyl (C=O) groups is 2. The number of hydrogen-bond acceptors (Lipinski definition) is 5. The van der Waals surface area contributed by atoms with E-state index in [9.17, 15) is 14.7 Å². The zero-order valence-electron chi connectivity index (χ0n) is 14.5. The van der Waals surface area contributed by atoms with Gasteiger partial charge < -0.3 is 14.9 Å². The Morgan fingerprint density at radius 2 is 2.19 bits per heavy atom. The number of aromatic nitrogens is 2. The second kappa shape index (κ2) is 5.90. The van der Waals surface area contributed by atoms with Gasteiger partial charge in [-0.3, -0.25) is 14.0 Å². The van der Waals surface area contributed by atoms with E-state index in [4.69, 9.17) is 0 Å². The number of anilines is 1. The number of imidazole rings is 1. The van der Waals surface area contributed by atoms with Gasteiger partial charge in [0.1, 0.15) is 5.69 Å². The predicted octanol–water partition coefficient (Wildman–Crippen LogP) is 1.52. The van der Waals surface area contributed by atoms with E-state index in [0.717, 1.165) is 16.2 Å². The highest BCUT2D eigenvalue weighted by atomic mass is 32.1. The third-order valence-corrected chi connectivity index (χ3v) is 6.33. The van der Waals surface area contributed by atoms with Gasteiger partial charge >= 0.3 is 0 Å². The fourth-order valence-electron chi connectivity index (χ4n) is 4.29. The Labute approximate surface area is 159 Å². The zero-order chi connectivity index (χ0) is 18.6. The summed E-state index contributed by atoms with van der Waals surface area (Å²) in [7, 11) is 0. The van der Waals surface area contributed by atoms with E-state index < -0.39 is 5.41 Å². The van der Waals surface area contributed by atoms with Crippen LogP contribution in [0.3, 0.4) is 0 Å². The minimum absolute atomic E-state index is 0.0288. The summed E-state index contributed by atoms with van der Waals surface area (Å²) in [5, 5.41) is 11.3. The van der Waals surface area contributed by atoms with Crippen molar-refractivity contribution in [3.8, 4) is 0 Å². The van der Waals surface area contributed by atoms with Crippen LogP contribution in [0.2, 0.25) is 0 Å². The van der Waals surface area contributed by atoms with Gasteiger partial charge in [-0.25, -0.2) is 4.98 Å². The van der Waals surface area contributed by atoms with Crippen LogP contribution < -0.4 is 4.90 Å². The fraction of sp³-hybridized carbons (Fsp3) is 0.316. The first-order valence-electron chi connectivity index (χ1n) is 8.88. The van der Waals surface area contributed by atoms with Crippen LogP contribution in [0.1, 0.15) is 22.5 Å². The lowest BCUT2D eigenvalue weighted by atomic mass is 9.81. The molecule has 5 rings (SSSR count). The monoisotopic (exact) mass is 382 g/mol. The molecular weight excluding hydrogens is 364 g/mol. The molecule has 2 amide bonds. The molecule has 0 aliphatic carbocycles. The van der Waals surface area contributed by atoms with Crippen molar-refractivity contribution in [1.29, 1.82) is 0 Å². The molecule has 7 nitrogen and oxygen atoms in total. The van der Waals surface area contributed by atoms with Gasteiger partial charge in [-0.2, -0.15) is 0 Å². The molecule has 3 aromatic rings. The molecular formula is C19H18N4O3S. The number of aliphatic hydroxyl groups excluding tert-OH is 1. The van der Waals surface area contributed by atoms with E-state index in [1.165, 1.54) is 11.3 Å². The summed E-state index contributed by atoms with van der Waals surface area (Å²) >= 11 is 1.48. The molecule has 2 aliphatic rings. The average Bonchev–Trinajstić information content (AvgIpc) is 3.42. The van der Waals surface area contributed by atoms with E-state index in [2.05, 4.69) is 4.98 Å². The SMILES string of the molecule is O=C(c1cn2ccsc2n1)N1CCC2(C1)C(=O)N(CCO)c1ccccc12. The van der Waals surface area contributed by atoms with Crippen LogP contribution in [0.5, 0.6) is 0 Å². The van der Waals surface area contributed by atoms with E-state index in [1.54, 1.807) is 16.0 Å². The van der Waals surface area contributed by atoms with Gasteiger partial charge in [0.25, 0.3) is 5.91 Å². The lowest BCUT2D eigenvalue weighted by molar-refractivity contribution is -0.122. The number of para-hydroxylation sites is 1. The van der Waals surface area contributed by atoms with Crippen LogP contribution in [0.4, 0.5) is 5.69 Å². The number of likely N-dealkylation sites (tertiary alicyclic amines) is 1. The zero-order valence-corrected chi connectivity index (χ0v) is 15.4. The van der Waals surface area contributed by atoms with Gasteiger partial charge in [-0.15, -0.1) is 11.3 Å². The van der Waals surface area contributed by atoms with Crippen molar-refractivity contribution in [3.05, 3.63) is 53.3 Å². The maximum absolute atomic E-state index is 13.2. The van der Waals surface area contributed by atoms with Crippen LogP contribution >= 0.6 is 11.3 Å². The Kier molecular flexibility index (Phi) is 3.60. The van der Waals surface area contributed by atoms with Crippen molar-refractivity contribution in [3.63, 3.8) is 0 Å². The molecule has 138 valence electrons. The number of nitrogens with zero attached hydrogens (tertiary/aromatic N) is 4. The summed E-state index contributed by atoms with van der Waals surface area (Å²) < 4.78 is 1.84. The standard InChI is InChI=1S/C19H18N4O3S/c24-9-7-23-15-4-2-1-3-13(15)19(17(23)26)5-6-22(12-19)16(25)14-11-21-8-10-27-18(21)20-14/h1-4,8,10-11,24H,5-7,9,12H2. The number of rotatable bonds is 3. The number of aliphatic hydroxyl groups is 1. The molecule has 8 heteroatoms. The lowest BCUT2D eigenvalue weighted by Gasteiger charge is -2.24. The molecule has 1 atom stereocenters. The predicted molar refractivity (Wildman–Crippen MR) is 101 cm³/mol. The number of carbonyl (C=O) groups excluding carboxylic acids is 2. The molecule has 0 saturated carbocycles. The Morgan fingerprint density at radius 1 is 1.33 bits per heavy atom. The van der Waals surface area contributed by atoms with Crippen LogP contribution in [-0.2, 0) is 10.2 Å². The summed E-state index contributed by atoms with van der Waals surface area (Å²) in [6.45, 7) is 1.03. The molecule has 1 fully saturated rings. The molecule has 27 heavy (non-hydrogen) atoms. The third kappa shape index (κ3) is 2.26. The maximum Gasteiger partial charge on any atom is 0.274 e. The molecule has 0 bridgehead atoms. The average molecular weight is 382 g/mol. The summed E-state index contributed by atoms with van der Waals surface area (Å²) in [6.07, 6.45) is 4.19. The topological polar surface area (TPSA) is 78.2 Å². The number of β-amino-alcohol motifs (C(OH)–C–C–N with tert-alkyl or cyclic N) is 1. The van der Waals surface area contributed by atoms with Crippen molar-refractivity contribution in [2.24, 2.45) is 0 Å². The number of amides is 2. The van der Waals surface area contributed by atoms with E-state index >= 15 is 0 Å². The highest BCUT2D eigenvalue weighted by Crippen LogP contribution is 2.47. The van der Waals surface area contributed by atoms with Gasteiger partial charge in [0.05, 0.1) is 12.0 Å². The maximum atomic E-state index is 13.2. The first-order chi connectivity index (χ1) is 13.1. The van der Waals surface area contributed by atoms with Gasteiger partial charge in [-0.1, -0.05) is 18.2 Å². The van der Waals surface area contributed by atoms with Crippen LogP contribution in [0.15, 0.2) is 42.0 Å². The highest BCUT2D eigenvalue weighted by molar-refractivity contribution is 7.15. The van der Waals surface area contributed by atoms with Gasteiger partial charge in [0, 0.05) is 43.1 Å². The Balaban J connectivity index is 1.47. The Bertz CT molecular complexity index is 1030. The van der Waals surface area contributed by atoms with Crippen molar-refractivity contribution in [2.45, 2.75) is 11.8 Å². The molecule has 0 radical (unpaired) electrons. The van der Waals surface area contributed by atoms with Crippen molar-refractivity contribution < 1.29 is 14.7 Å². The number of fused-ring (bicyclic) bond motifs is 3. The lowest BCUT2D eigenvalue weighted by Crippen LogP contribution is -2.44. The number of benzene rings is 1. The number of hydrogen-bond donors (Lipinski definition) is 1. The fourth-order valence-corrected chi connectivity index (χ4v) is 4.99. The second-order valence-electron chi connectivity index (χ2n) is 6.98. The minimum atomic E-state index is -0.724.